The van der Waals surface area contributed by atoms with E-state index in [-0.39, 0.29) is 0 Å². The minimum Gasteiger partial charge on any atom is -0.459 e. The Morgan fingerprint density at radius 1 is 1.00 bits per heavy atom. The molecule has 2 aromatic rings. The number of thiophene rings is 2. The lowest BCUT2D eigenvalue weighted by atomic mass is 10.1. The molecule has 1 aliphatic rings. The number of rotatable bonds is 4. The summed E-state index contributed by atoms with van der Waals surface area (Å²) in [5.41, 5.74) is 0.0285. The summed E-state index contributed by atoms with van der Waals surface area (Å²) < 4.78 is 5.25. The molecule has 7 heteroatoms. The van der Waals surface area contributed by atoms with Gasteiger partial charge in [0.15, 0.2) is 0 Å². The molecule has 0 radical (unpaired) electrons. The van der Waals surface area contributed by atoms with Crippen LogP contribution in [0.25, 0.3) is 11.1 Å². The largest absolute Gasteiger partial charge is 0.459 e. The molecular weight excluding hydrogens is 358 g/mol. The summed E-state index contributed by atoms with van der Waals surface area (Å²) in [5, 5.41) is 3.70. The van der Waals surface area contributed by atoms with Crippen LogP contribution < -0.4 is 0 Å². The fourth-order valence-corrected chi connectivity index (χ4v) is 4.06. The second-order valence-electron chi connectivity index (χ2n) is 6.49. The molecule has 0 atom stereocenters. The maximum Gasteiger partial charge on any atom is 0.326 e. The molecule has 3 rings (SSSR count). The van der Waals surface area contributed by atoms with Gasteiger partial charge in [0.05, 0.1) is 11.1 Å². The summed E-state index contributed by atoms with van der Waals surface area (Å²) in [6.45, 7) is 4.83. The fourth-order valence-electron chi connectivity index (χ4n) is 2.52. The van der Waals surface area contributed by atoms with Crippen LogP contribution in [0.5, 0.6) is 0 Å². The van der Waals surface area contributed by atoms with Gasteiger partial charge < -0.3 is 4.74 Å². The van der Waals surface area contributed by atoms with Crippen molar-refractivity contribution < 1.29 is 19.1 Å². The number of carbonyl (C=O) groups is 3. The summed E-state index contributed by atoms with van der Waals surface area (Å²) in [6, 6.07) is 7.26. The van der Waals surface area contributed by atoms with Crippen molar-refractivity contribution in [3.63, 3.8) is 0 Å². The van der Waals surface area contributed by atoms with E-state index >= 15 is 0 Å². The first-order chi connectivity index (χ1) is 11.8. The third kappa shape index (κ3) is 3.57. The molecule has 0 saturated carbocycles. The lowest BCUT2D eigenvalue weighted by Gasteiger charge is -2.21. The molecule has 25 heavy (non-hydrogen) atoms. The summed E-state index contributed by atoms with van der Waals surface area (Å²) in [5.74, 6) is -1.52. The molecule has 0 spiro atoms. The highest BCUT2D eigenvalue weighted by Crippen LogP contribution is 2.38. The van der Waals surface area contributed by atoms with Crippen molar-refractivity contribution in [1.82, 2.24) is 4.90 Å². The maximum absolute atomic E-state index is 12.9. The Kier molecular flexibility index (Phi) is 4.62. The van der Waals surface area contributed by atoms with Crippen molar-refractivity contribution in [1.29, 1.82) is 0 Å². The van der Waals surface area contributed by atoms with E-state index in [1.165, 1.54) is 22.7 Å². The molecule has 5 nitrogen and oxygen atoms in total. The van der Waals surface area contributed by atoms with Crippen molar-refractivity contribution >= 4 is 51.6 Å². The third-order valence-corrected chi connectivity index (χ3v) is 5.19. The van der Waals surface area contributed by atoms with Gasteiger partial charge in [-0.05, 0) is 43.7 Å². The lowest BCUT2D eigenvalue weighted by molar-refractivity contribution is -0.160. The molecule has 0 aliphatic carbocycles. The van der Waals surface area contributed by atoms with Crippen LogP contribution in [0, 0.1) is 0 Å². The topological polar surface area (TPSA) is 63.7 Å². The van der Waals surface area contributed by atoms with E-state index < -0.39 is 29.9 Å². The van der Waals surface area contributed by atoms with E-state index in [1.54, 1.807) is 32.9 Å². The zero-order valence-corrected chi connectivity index (χ0v) is 15.7. The Morgan fingerprint density at radius 3 is 1.84 bits per heavy atom. The van der Waals surface area contributed by atoms with Crippen LogP contribution >= 0.6 is 22.7 Å². The van der Waals surface area contributed by atoms with Crippen molar-refractivity contribution in [2.75, 3.05) is 6.54 Å². The minimum atomic E-state index is -0.677. The average molecular weight is 375 g/mol. The van der Waals surface area contributed by atoms with Crippen LogP contribution in [0.4, 0.5) is 0 Å². The predicted molar refractivity (Wildman–Crippen MR) is 98.0 cm³/mol. The third-order valence-electron chi connectivity index (χ3n) is 3.41. The van der Waals surface area contributed by atoms with E-state index in [0.29, 0.717) is 20.9 Å². The molecule has 2 amide bonds. The van der Waals surface area contributed by atoms with E-state index in [1.807, 2.05) is 22.9 Å². The van der Waals surface area contributed by atoms with E-state index in [2.05, 4.69) is 0 Å². The van der Waals surface area contributed by atoms with Gasteiger partial charge in [0.25, 0.3) is 11.8 Å². The SMILES string of the molecule is CC(C)(C)OC(=O)CN1C(=O)C(c2cccs2)=C(c2cccs2)C1=O. The fraction of sp³-hybridized carbons (Fsp3) is 0.278. The van der Waals surface area contributed by atoms with E-state index in [0.717, 1.165) is 4.90 Å². The molecule has 0 aromatic carbocycles. The van der Waals surface area contributed by atoms with Crippen LogP contribution in [0.1, 0.15) is 30.5 Å². The van der Waals surface area contributed by atoms with Gasteiger partial charge in [-0.3, -0.25) is 19.3 Å². The Morgan fingerprint density at radius 2 is 1.48 bits per heavy atom. The Bertz CT molecular complexity index is 786. The van der Waals surface area contributed by atoms with Crippen LogP contribution in [0.15, 0.2) is 35.0 Å². The van der Waals surface area contributed by atoms with Crippen LogP contribution in [-0.4, -0.2) is 34.8 Å². The number of hydrogen-bond donors (Lipinski definition) is 0. The summed E-state index contributed by atoms with van der Waals surface area (Å²) in [4.78, 5) is 40.3. The van der Waals surface area contributed by atoms with Crippen molar-refractivity contribution in [2.45, 2.75) is 26.4 Å². The number of ether oxygens (including phenoxy) is 1. The predicted octanol–water partition coefficient (Wildman–Crippen LogP) is 3.43. The second kappa shape index (κ2) is 6.57. The maximum atomic E-state index is 12.9. The average Bonchev–Trinajstić information content (AvgIpc) is 3.22. The monoisotopic (exact) mass is 375 g/mol. The molecule has 1 aliphatic heterocycles. The molecule has 3 heterocycles. The van der Waals surface area contributed by atoms with Gasteiger partial charge in [0.1, 0.15) is 12.1 Å². The molecular formula is C18H17NO4S2. The number of carbonyl (C=O) groups excluding carboxylic acids is 3. The molecule has 0 N–H and O–H groups in total. The summed E-state index contributed by atoms with van der Waals surface area (Å²) in [6.07, 6.45) is 0. The second-order valence-corrected chi connectivity index (χ2v) is 8.38. The van der Waals surface area contributed by atoms with Gasteiger partial charge in [-0.2, -0.15) is 0 Å². The van der Waals surface area contributed by atoms with Crippen molar-refractivity contribution in [2.24, 2.45) is 0 Å². The number of hydrogen-bond acceptors (Lipinski definition) is 6. The highest BCUT2D eigenvalue weighted by atomic mass is 32.1. The molecule has 0 unspecified atom stereocenters. The van der Waals surface area contributed by atoms with Gasteiger partial charge in [0.2, 0.25) is 0 Å². The van der Waals surface area contributed by atoms with Gasteiger partial charge >= 0.3 is 5.97 Å². The van der Waals surface area contributed by atoms with E-state index in [4.69, 9.17) is 4.74 Å². The first kappa shape index (κ1) is 17.6. The number of imide groups is 1. The van der Waals surface area contributed by atoms with Crippen molar-refractivity contribution in [3.8, 4) is 0 Å². The van der Waals surface area contributed by atoms with Gasteiger partial charge in [-0.1, -0.05) is 12.1 Å². The number of esters is 1. The summed E-state index contributed by atoms with van der Waals surface area (Å²) >= 11 is 2.78. The number of nitrogens with zero attached hydrogens (tertiary/aromatic N) is 1. The first-order valence-corrected chi connectivity index (χ1v) is 9.44. The molecule has 2 aromatic heterocycles. The standard InChI is InChI=1S/C18H17NO4S2/c1-18(2,3)23-13(20)10-19-16(21)14(11-6-4-8-24-11)15(17(19)22)12-7-5-9-25-12/h4-9H,10H2,1-3H3. The quantitative estimate of drug-likeness (QED) is 0.607. The van der Waals surface area contributed by atoms with Crippen molar-refractivity contribution in [3.05, 3.63) is 44.8 Å². The Hall–Kier alpha value is -2.25. The highest BCUT2D eigenvalue weighted by molar-refractivity contribution is 7.13. The van der Waals surface area contributed by atoms with Gasteiger partial charge in [-0.25, -0.2) is 0 Å². The molecule has 0 saturated heterocycles. The van der Waals surface area contributed by atoms with Crippen LogP contribution in [-0.2, 0) is 19.1 Å². The van der Waals surface area contributed by atoms with Crippen LogP contribution in [0.2, 0.25) is 0 Å². The zero-order chi connectivity index (χ0) is 18.2. The summed E-state index contributed by atoms with van der Waals surface area (Å²) in [7, 11) is 0. The molecule has 0 bridgehead atoms. The first-order valence-electron chi connectivity index (χ1n) is 7.68. The van der Waals surface area contributed by atoms with Crippen LogP contribution in [0.3, 0.4) is 0 Å². The normalized spacial score (nSPS) is 15.2. The Balaban J connectivity index is 1.95. The molecule has 0 fully saturated rings. The Labute approximate surface area is 153 Å². The van der Waals surface area contributed by atoms with Gasteiger partial charge in [0, 0.05) is 9.75 Å². The highest BCUT2D eigenvalue weighted by Gasteiger charge is 2.41. The smallest absolute Gasteiger partial charge is 0.326 e. The zero-order valence-electron chi connectivity index (χ0n) is 14.1. The minimum absolute atomic E-state index is 0.353. The number of amides is 2. The van der Waals surface area contributed by atoms with E-state index in [9.17, 15) is 14.4 Å². The van der Waals surface area contributed by atoms with Gasteiger partial charge in [-0.15, -0.1) is 22.7 Å². The molecule has 130 valence electrons. The lowest BCUT2D eigenvalue weighted by Crippen LogP contribution is -2.39.